The van der Waals surface area contributed by atoms with E-state index >= 15 is 0 Å². The van der Waals surface area contributed by atoms with Gasteiger partial charge in [0.25, 0.3) is 0 Å². The zero-order valence-corrected chi connectivity index (χ0v) is 14.8. The second kappa shape index (κ2) is 7.66. The summed E-state index contributed by atoms with van der Waals surface area (Å²) in [4.78, 5) is 11.2. The molecular formula is C15H19BrN4S. The first kappa shape index (κ1) is 16.1. The van der Waals surface area contributed by atoms with Crippen molar-refractivity contribution in [1.29, 1.82) is 0 Å². The summed E-state index contributed by atoms with van der Waals surface area (Å²) in [5.74, 6) is 1.79. The Balaban J connectivity index is 2.19. The minimum atomic E-state index is 0.783. The summed E-state index contributed by atoms with van der Waals surface area (Å²) in [6, 6.07) is 10.3. The fraction of sp³-hybridized carbons (Fsp3) is 0.333. The zero-order chi connectivity index (χ0) is 15.2. The maximum absolute atomic E-state index is 4.58. The van der Waals surface area contributed by atoms with E-state index in [-0.39, 0.29) is 0 Å². The topological polar surface area (TPSA) is 41.0 Å². The van der Waals surface area contributed by atoms with Crippen molar-refractivity contribution in [3.05, 3.63) is 40.4 Å². The van der Waals surface area contributed by atoms with E-state index in [1.165, 1.54) is 5.56 Å². The van der Waals surface area contributed by atoms with Crippen molar-refractivity contribution in [3.8, 4) is 0 Å². The van der Waals surface area contributed by atoms with E-state index in [2.05, 4.69) is 67.3 Å². The van der Waals surface area contributed by atoms with Crippen LogP contribution in [0, 0.1) is 0 Å². The van der Waals surface area contributed by atoms with Gasteiger partial charge in [0.15, 0.2) is 5.16 Å². The molecule has 0 saturated carbocycles. The molecule has 0 aliphatic carbocycles. The average molecular weight is 367 g/mol. The number of hydrogen-bond acceptors (Lipinski definition) is 5. The van der Waals surface area contributed by atoms with Gasteiger partial charge in [-0.15, -0.1) is 0 Å². The molecule has 112 valence electrons. The summed E-state index contributed by atoms with van der Waals surface area (Å²) in [7, 11) is 2.05. The number of hydrogen-bond donors (Lipinski definition) is 1. The molecule has 1 heterocycles. The Kier molecular flexibility index (Phi) is 5.87. The van der Waals surface area contributed by atoms with E-state index in [0.29, 0.717) is 0 Å². The molecule has 0 unspecified atom stereocenters. The van der Waals surface area contributed by atoms with Crippen molar-refractivity contribution in [3.63, 3.8) is 0 Å². The van der Waals surface area contributed by atoms with Crippen LogP contribution in [0.1, 0.15) is 12.5 Å². The van der Waals surface area contributed by atoms with Crippen LogP contribution in [0.2, 0.25) is 0 Å². The van der Waals surface area contributed by atoms with Crippen LogP contribution < -0.4 is 10.2 Å². The van der Waals surface area contributed by atoms with E-state index in [1.54, 1.807) is 11.8 Å². The molecule has 1 N–H and O–H groups in total. The first-order chi connectivity index (χ1) is 10.1. The molecule has 0 saturated heterocycles. The molecule has 0 atom stereocenters. The Morgan fingerprint density at radius 1 is 1.24 bits per heavy atom. The first-order valence-corrected chi connectivity index (χ1v) is 8.76. The third-order valence-electron chi connectivity index (χ3n) is 2.96. The first-order valence-electron chi connectivity index (χ1n) is 6.75. The predicted octanol–water partition coefficient (Wildman–Crippen LogP) is 4.03. The van der Waals surface area contributed by atoms with Gasteiger partial charge >= 0.3 is 0 Å². The van der Waals surface area contributed by atoms with Crippen molar-refractivity contribution in [2.45, 2.75) is 18.6 Å². The molecule has 0 amide bonds. The Morgan fingerprint density at radius 2 is 1.95 bits per heavy atom. The van der Waals surface area contributed by atoms with Gasteiger partial charge in [-0.3, -0.25) is 0 Å². The van der Waals surface area contributed by atoms with Gasteiger partial charge in [0.2, 0.25) is 0 Å². The molecular weight excluding hydrogens is 348 g/mol. The number of anilines is 2. The van der Waals surface area contributed by atoms with Crippen LogP contribution in [-0.2, 0) is 6.54 Å². The van der Waals surface area contributed by atoms with Gasteiger partial charge in [-0.2, -0.15) is 0 Å². The van der Waals surface area contributed by atoms with Crippen LogP contribution in [0.3, 0.4) is 0 Å². The molecule has 21 heavy (non-hydrogen) atoms. The fourth-order valence-electron chi connectivity index (χ4n) is 1.92. The smallest absolute Gasteiger partial charge is 0.191 e. The fourth-order valence-corrected chi connectivity index (χ4v) is 2.55. The number of rotatable bonds is 6. The van der Waals surface area contributed by atoms with Crippen LogP contribution in [0.5, 0.6) is 0 Å². The second-order valence-corrected chi connectivity index (χ2v) is 6.30. The highest BCUT2D eigenvalue weighted by molar-refractivity contribution is 9.10. The molecule has 0 aliphatic rings. The summed E-state index contributed by atoms with van der Waals surface area (Å²) in [6.45, 7) is 3.72. The third-order valence-corrected chi connectivity index (χ3v) is 4.03. The largest absolute Gasteiger partial charge is 0.370 e. The van der Waals surface area contributed by atoms with Crippen LogP contribution in [0.25, 0.3) is 0 Å². The molecule has 0 radical (unpaired) electrons. The lowest BCUT2D eigenvalue weighted by molar-refractivity contribution is 0.856. The lowest BCUT2D eigenvalue weighted by atomic mass is 10.2. The number of nitrogens with zero attached hydrogens (tertiary/aromatic N) is 3. The average Bonchev–Trinajstić information content (AvgIpc) is 2.49. The maximum Gasteiger partial charge on any atom is 0.191 e. The quantitative estimate of drug-likeness (QED) is 0.617. The molecule has 1 aromatic carbocycles. The predicted molar refractivity (Wildman–Crippen MR) is 94.2 cm³/mol. The summed E-state index contributed by atoms with van der Waals surface area (Å²) >= 11 is 5.01. The Labute approximate surface area is 138 Å². The molecule has 0 aliphatic heterocycles. The minimum Gasteiger partial charge on any atom is -0.370 e. The number of halogens is 1. The molecule has 1 aromatic heterocycles. The van der Waals surface area contributed by atoms with E-state index in [4.69, 9.17) is 0 Å². The molecule has 0 spiro atoms. The minimum absolute atomic E-state index is 0.783. The van der Waals surface area contributed by atoms with Gasteiger partial charge in [-0.05, 0) is 30.9 Å². The third kappa shape index (κ3) is 4.61. The van der Waals surface area contributed by atoms with Gasteiger partial charge in [0, 0.05) is 30.7 Å². The highest BCUT2D eigenvalue weighted by Crippen LogP contribution is 2.21. The summed E-state index contributed by atoms with van der Waals surface area (Å²) in [5.41, 5.74) is 1.25. The van der Waals surface area contributed by atoms with Crippen molar-refractivity contribution >= 4 is 39.3 Å². The molecule has 0 bridgehead atoms. The SMILES string of the molecule is CCNc1cc(N(C)Cc2ccc(Br)cc2)nc(SC)n1. The van der Waals surface area contributed by atoms with E-state index < -0.39 is 0 Å². The van der Waals surface area contributed by atoms with Crippen molar-refractivity contribution in [2.24, 2.45) is 0 Å². The molecule has 6 heteroatoms. The number of benzene rings is 1. The lowest BCUT2D eigenvalue weighted by Crippen LogP contribution is -2.18. The van der Waals surface area contributed by atoms with Crippen LogP contribution in [-0.4, -0.2) is 29.8 Å². The summed E-state index contributed by atoms with van der Waals surface area (Å²) in [6.07, 6.45) is 1.99. The van der Waals surface area contributed by atoms with Crippen LogP contribution in [0.4, 0.5) is 11.6 Å². The number of aromatic nitrogens is 2. The normalized spacial score (nSPS) is 10.5. The van der Waals surface area contributed by atoms with Crippen molar-refractivity contribution in [1.82, 2.24) is 9.97 Å². The van der Waals surface area contributed by atoms with Crippen molar-refractivity contribution < 1.29 is 0 Å². The van der Waals surface area contributed by atoms with Crippen LogP contribution >= 0.6 is 27.7 Å². The van der Waals surface area contributed by atoms with Gasteiger partial charge in [0.1, 0.15) is 11.6 Å². The van der Waals surface area contributed by atoms with Gasteiger partial charge in [-0.1, -0.05) is 39.8 Å². The molecule has 4 nitrogen and oxygen atoms in total. The van der Waals surface area contributed by atoms with Gasteiger partial charge in [0.05, 0.1) is 0 Å². The molecule has 2 aromatic rings. The maximum atomic E-state index is 4.58. The van der Waals surface area contributed by atoms with Gasteiger partial charge < -0.3 is 10.2 Å². The molecule has 0 fully saturated rings. The summed E-state index contributed by atoms with van der Waals surface area (Å²) in [5, 5.41) is 4.03. The highest BCUT2D eigenvalue weighted by Gasteiger charge is 2.08. The van der Waals surface area contributed by atoms with E-state index in [1.807, 2.05) is 19.4 Å². The Hall–Kier alpha value is -1.27. The number of thioether (sulfide) groups is 1. The lowest BCUT2D eigenvalue weighted by Gasteiger charge is -2.19. The number of nitrogens with one attached hydrogen (secondary N) is 1. The van der Waals surface area contributed by atoms with Crippen LogP contribution in [0.15, 0.2) is 40.0 Å². The summed E-state index contributed by atoms with van der Waals surface area (Å²) < 4.78 is 1.09. The van der Waals surface area contributed by atoms with Crippen molar-refractivity contribution in [2.75, 3.05) is 30.1 Å². The monoisotopic (exact) mass is 366 g/mol. The van der Waals surface area contributed by atoms with Gasteiger partial charge in [-0.25, -0.2) is 9.97 Å². The highest BCUT2D eigenvalue weighted by atomic mass is 79.9. The zero-order valence-electron chi connectivity index (χ0n) is 12.4. The van der Waals surface area contributed by atoms with E-state index in [9.17, 15) is 0 Å². The Morgan fingerprint density at radius 3 is 2.57 bits per heavy atom. The molecule has 2 rings (SSSR count). The van der Waals surface area contributed by atoms with E-state index in [0.717, 1.165) is 34.4 Å². The standard InChI is InChI=1S/C15H19BrN4S/c1-4-17-13-9-14(19-15(18-13)21-3)20(2)10-11-5-7-12(16)8-6-11/h5-9H,4,10H2,1-3H3,(H,17,18,19). The second-order valence-electron chi connectivity index (χ2n) is 4.61. The Bertz CT molecular complexity index is 589.